The molecule has 1 amide bonds. The number of methoxy groups -OCH3 is 2. The molecule has 29 heavy (non-hydrogen) atoms. The molecule has 0 N–H and O–H groups in total. The largest absolute Gasteiger partial charge is 0.493 e. The predicted molar refractivity (Wildman–Crippen MR) is 115 cm³/mol. The molecule has 1 aliphatic heterocycles. The monoisotopic (exact) mass is 390 g/mol. The van der Waals surface area contributed by atoms with Crippen LogP contribution in [0.1, 0.15) is 17.5 Å². The Morgan fingerprint density at radius 1 is 1.07 bits per heavy atom. The van der Waals surface area contributed by atoms with Crippen molar-refractivity contribution in [1.29, 1.82) is 0 Å². The van der Waals surface area contributed by atoms with Crippen LogP contribution in [-0.4, -0.2) is 42.7 Å². The highest BCUT2D eigenvalue weighted by Crippen LogP contribution is 2.31. The SMILES string of the molecule is COc1ccc(CC(=O)N2CC=C(c3cn(C)c4ccccc34)CC2)cc1OC. The van der Waals surface area contributed by atoms with E-state index in [1.54, 1.807) is 14.2 Å². The van der Waals surface area contributed by atoms with Gasteiger partial charge in [0.1, 0.15) is 0 Å². The van der Waals surface area contributed by atoms with Crippen LogP contribution in [0.15, 0.2) is 54.7 Å². The zero-order valence-electron chi connectivity index (χ0n) is 17.1. The summed E-state index contributed by atoms with van der Waals surface area (Å²) in [5.41, 5.74) is 4.75. The number of nitrogens with zero attached hydrogens (tertiary/aromatic N) is 2. The molecule has 0 aliphatic carbocycles. The summed E-state index contributed by atoms with van der Waals surface area (Å²) in [7, 11) is 5.29. The van der Waals surface area contributed by atoms with Crippen molar-refractivity contribution in [2.75, 3.05) is 27.3 Å². The van der Waals surface area contributed by atoms with Crippen LogP contribution < -0.4 is 9.47 Å². The lowest BCUT2D eigenvalue weighted by atomic mass is 9.98. The Hall–Kier alpha value is -3.21. The van der Waals surface area contributed by atoms with Crippen molar-refractivity contribution in [3.63, 3.8) is 0 Å². The van der Waals surface area contributed by atoms with E-state index in [1.807, 2.05) is 23.1 Å². The zero-order valence-corrected chi connectivity index (χ0v) is 17.1. The average Bonchev–Trinajstić information content (AvgIpc) is 3.10. The number of carbonyl (C=O) groups is 1. The lowest BCUT2D eigenvalue weighted by Crippen LogP contribution is -2.35. The molecule has 0 spiro atoms. The fourth-order valence-electron chi connectivity index (χ4n) is 4.01. The zero-order chi connectivity index (χ0) is 20.4. The number of hydrogen-bond acceptors (Lipinski definition) is 3. The highest BCUT2D eigenvalue weighted by atomic mass is 16.5. The summed E-state index contributed by atoms with van der Waals surface area (Å²) in [6.07, 6.45) is 5.61. The molecule has 2 heterocycles. The van der Waals surface area contributed by atoms with Crippen LogP contribution in [0, 0.1) is 0 Å². The van der Waals surface area contributed by atoms with Crippen LogP contribution >= 0.6 is 0 Å². The Morgan fingerprint density at radius 2 is 1.86 bits per heavy atom. The topological polar surface area (TPSA) is 43.7 Å². The van der Waals surface area contributed by atoms with Gasteiger partial charge in [-0.2, -0.15) is 0 Å². The van der Waals surface area contributed by atoms with E-state index in [-0.39, 0.29) is 5.91 Å². The predicted octanol–water partition coefficient (Wildman–Crippen LogP) is 4.05. The Balaban J connectivity index is 1.47. The molecule has 1 aromatic heterocycles. The summed E-state index contributed by atoms with van der Waals surface area (Å²) in [6, 6.07) is 14.1. The molecule has 0 bridgehead atoms. The third-order valence-corrected chi connectivity index (χ3v) is 5.61. The van der Waals surface area contributed by atoms with Crippen LogP contribution in [0.3, 0.4) is 0 Å². The van der Waals surface area contributed by atoms with Crippen LogP contribution in [0.4, 0.5) is 0 Å². The van der Waals surface area contributed by atoms with Gasteiger partial charge in [-0.25, -0.2) is 0 Å². The Morgan fingerprint density at radius 3 is 2.59 bits per heavy atom. The number of benzene rings is 2. The molecule has 5 nitrogen and oxygen atoms in total. The quantitative estimate of drug-likeness (QED) is 0.660. The van der Waals surface area contributed by atoms with Gasteiger partial charge in [0, 0.05) is 42.8 Å². The summed E-state index contributed by atoms with van der Waals surface area (Å²) in [6.45, 7) is 1.38. The second-order valence-corrected chi connectivity index (χ2v) is 7.36. The minimum atomic E-state index is 0.130. The van der Waals surface area contributed by atoms with Crippen LogP contribution in [0.25, 0.3) is 16.5 Å². The summed E-state index contributed by atoms with van der Waals surface area (Å²) < 4.78 is 12.8. The fraction of sp³-hybridized carbons (Fsp3) is 0.292. The number of amides is 1. The number of carbonyl (C=O) groups excluding carboxylic acids is 1. The van der Waals surface area contributed by atoms with Crippen LogP contribution in [0.2, 0.25) is 0 Å². The Bertz CT molecular complexity index is 1080. The number of ether oxygens (including phenoxy) is 2. The number of para-hydroxylation sites is 1. The molecule has 5 heteroatoms. The van der Waals surface area contributed by atoms with E-state index in [1.165, 1.54) is 22.0 Å². The number of fused-ring (bicyclic) bond motifs is 1. The molecule has 3 aromatic rings. The van der Waals surface area contributed by atoms with E-state index in [2.05, 4.69) is 48.2 Å². The highest BCUT2D eigenvalue weighted by molar-refractivity contribution is 5.93. The van der Waals surface area contributed by atoms with Gasteiger partial charge in [0.25, 0.3) is 0 Å². The van der Waals surface area contributed by atoms with Gasteiger partial charge < -0.3 is 18.9 Å². The molecule has 2 aromatic carbocycles. The lowest BCUT2D eigenvalue weighted by molar-refractivity contribution is -0.130. The van der Waals surface area contributed by atoms with Gasteiger partial charge >= 0.3 is 0 Å². The van der Waals surface area contributed by atoms with E-state index >= 15 is 0 Å². The van der Waals surface area contributed by atoms with Gasteiger partial charge in [0.2, 0.25) is 5.91 Å². The smallest absolute Gasteiger partial charge is 0.227 e. The van der Waals surface area contributed by atoms with Crippen LogP contribution in [-0.2, 0) is 18.3 Å². The van der Waals surface area contributed by atoms with Gasteiger partial charge in [0.15, 0.2) is 11.5 Å². The molecule has 0 fully saturated rings. The number of aryl methyl sites for hydroxylation is 1. The third kappa shape index (κ3) is 3.73. The third-order valence-electron chi connectivity index (χ3n) is 5.61. The number of aromatic nitrogens is 1. The van der Waals surface area contributed by atoms with Crippen molar-refractivity contribution < 1.29 is 14.3 Å². The molecule has 150 valence electrons. The van der Waals surface area contributed by atoms with Gasteiger partial charge in [-0.1, -0.05) is 30.3 Å². The van der Waals surface area contributed by atoms with Gasteiger partial charge in [-0.05, 0) is 35.8 Å². The number of rotatable bonds is 5. The van der Waals surface area contributed by atoms with E-state index < -0.39 is 0 Å². The second kappa shape index (κ2) is 8.03. The molecule has 0 saturated heterocycles. The van der Waals surface area contributed by atoms with E-state index in [9.17, 15) is 4.79 Å². The van der Waals surface area contributed by atoms with Crippen molar-refractivity contribution in [3.8, 4) is 11.5 Å². The van der Waals surface area contributed by atoms with Gasteiger partial charge in [0.05, 0.1) is 20.6 Å². The van der Waals surface area contributed by atoms with Gasteiger partial charge in [-0.15, -0.1) is 0 Å². The summed E-state index contributed by atoms with van der Waals surface area (Å²) >= 11 is 0. The second-order valence-electron chi connectivity index (χ2n) is 7.36. The normalized spacial score (nSPS) is 14.0. The van der Waals surface area contributed by atoms with E-state index in [0.717, 1.165) is 18.5 Å². The molecule has 0 saturated carbocycles. The first-order chi connectivity index (χ1) is 14.1. The average molecular weight is 390 g/mol. The minimum absolute atomic E-state index is 0.130. The molecule has 1 aliphatic rings. The number of hydrogen-bond donors (Lipinski definition) is 0. The summed E-state index contributed by atoms with van der Waals surface area (Å²) in [5, 5.41) is 1.27. The maximum atomic E-state index is 12.8. The summed E-state index contributed by atoms with van der Waals surface area (Å²) in [5.74, 6) is 1.45. The van der Waals surface area contributed by atoms with Crippen molar-refractivity contribution >= 4 is 22.4 Å². The van der Waals surface area contributed by atoms with Gasteiger partial charge in [-0.3, -0.25) is 4.79 Å². The first-order valence-corrected chi connectivity index (χ1v) is 9.83. The van der Waals surface area contributed by atoms with Crippen molar-refractivity contribution in [2.24, 2.45) is 7.05 Å². The lowest BCUT2D eigenvalue weighted by Gasteiger charge is -2.26. The van der Waals surface area contributed by atoms with Crippen LogP contribution in [0.5, 0.6) is 11.5 Å². The maximum absolute atomic E-state index is 12.8. The first kappa shape index (κ1) is 19.1. The maximum Gasteiger partial charge on any atom is 0.227 e. The molecule has 0 radical (unpaired) electrons. The Labute approximate surface area is 171 Å². The van der Waals surface area contributed by atoms with E-state index in [0.29, 0.717) is 24.5 Å². The molecular formula is C24H26N2O3. The Kier molecular flexibility index (Phi) is 5.30. The molecule has 0 unspecified atom stereocenters. The minimum Gasteiger partial charge on any atom is -0.493 e. The molecule has 4 rings (SSSR count). The van der Waals surface area contributed by atoms with Crippen molar-refractivity contribution in [2.45, 2.75) is 12.8 Å². The van der Waals surface area contributed by atoms with E-state index in [4.69, 9.17) is 9.47 Å². The van der Waals surface area contributed by atoms with Crippen molar-refractivity contribution in [3.05, 3.63) is 65.9 Å². The fourth-order valence-corrected chi connectivity index (χ4v) is 4.01. The standard InChI is InChI=1S/C24H26N2O3/c1-25-16-20(19-6-4-5-7-21(19)25)18-10-12-26(13-11-18)24(27)15-17-8-9-22(28-2)23(14-17)29-3/h4-10,14,16H,11-13,15H2,1-3H3. The molecule has 0 atom stereocenters. The molecular weight excluding hydrogens is 364 g/mol. The first-order valence-electron chi connectivity index (χ1n) is 9.83. The highest BCUT2D eigenvalue weighted by Gasteiger charge is 2.20. The summed E-state index contributed by atoms with van der Waals surface area (Å²) in [4.78, 5) is 14.7. The van der Waals surface area contributed by atoms with Crippen molar-refractivity contribution in [1.82, 2.24) is 9.47 Å².